The summed E-state index contributed by atoms with van der Waals surface area (Å²) in [5.74, 6) is 1.55. The minimum atomic E-state index is -0.0917. The van der Waals surface area contributed by atoms with Crippen LogP contribution in [0.1, 0.15) is 45.9 Å². The summed E-state index contributed by atoms with van der Waals surface area (Å²) in [6, 6.07) is 20.8. The molecule has 2 aromatic carbocycles. The second-order valence-electron chi connectivity index (χ2n) is 9.46. The quantitative estimate of drug-likeness (QED) is 0.349. The summed E-state index contributed by atoms with van der Waals surface area (Å²) >= 11 is 5.93. The molecule has 4 heterocycles. The highest BCUT2D eigenvalue weighted by Gasteiger charge is 2.42. The molecule has 0 saturated carbocycles. The van der Waals surface area contributed by atoms with Crippen molar-refractivity contribution in [1.82, 2.24) is 14.9 Å². The van der Waals surface area contributed by atoms with Crippen molar-refractivity contribution in [2.75, 3.05) is 11.7 Å². The third kappa shape index (κ3) is 3.62. The summed E-state index contributed by atoms with van der Waals surface area (Å²) in [6.07, 6.45) is 1.84. The molecule has 4 aromatic rings. The van der Waals surface area contributed by atoms with Gasteiger partial charge in [-0.25, -0.2) is 0 Å². The third-order valence-electron chi connectivity index (χ3n) is 7.27. The number of fused-ring (bicyclic) bond motifs is 1. The average Bonchev–Trinajstić information content (AvgIpc) is 3.56. The highest BCUT2D eigenvalue weighted by atomic mass is 32.1. The zero-order chi connectivity index (χ0) is 25.0. The van der Waals surface area contributed by atoms with Gasteiger partial charge in [0.15, 0.2) is 16.6 Å². The van der Waals surface area contributed by atoms with E-state index in [1.807, 2.05) is 30.5 Å². The number of ether oxygens (including phenoxy) is 2. The first-order chi connectivity index (χ1) is 17.4. The molecule has 2 aliphatic heterocycles. The molecule has 0 unspecified atom stereocenters. The molecule has 1 fully saturated rings. The zero-order valence-electron chi connectivity index (χ0n) is 20.8. The number of rotatable bonds is 4. The van der Waals surface area contributed by atoms with Gasteiger partial charge in [-0.15, -0.1) is 0 Å². The fraction of sp³-hybridized carbons (Fsp3) is 0.241. The van der Waals surface area contributed by atoms with E-state index in [1.54, 1.807) is 0 Å². The second kappa shape index (κ2) is 8.68. The van der Waals surface area contributed by atoms with Gasteiger partial charge in [-0.3, -0.25) is 4.98 Å². The molecule has 6 nitrogen and oxygen atoms in total. The van der Waals surface area contributed by atoms with E-state index in [-0.39, 0.29) is 18.9 Å². The normalized spacial score (nSPS) is 18.6. The van der Waals surface area contributed by atoms with E-state index in [4.69, 9.17) is 26.7 Å². The summed E-state index contributed by atoms with van der Waals surface area (Å²) < 4.78 is 13.4. The maximum Gasteiger partial charge on any atom is 0.231 e. The van der Waals surface area contributed by atoms with Gasteiger partial charge in [-0.1, -0.05) is 12.1 Å². The van der Waals surface area contributed by atoms with Crippen molar-refractivity contribution in [2.24, 2.45) is 0 Å². The largest absolute Gasteiger partial charge is 0.454 e. The Morgan fingerprint density at radius 2 is 1.69 bits per heavy atom. The number of aromatic nitrogens is 2. The first-order valence-corrected chi connectivity index (χ1v) is 12.5. The Morgan fingerprint density at radius 1 is 0.889 bits per heavy atom. The molecule has 7 heteroatoms. The van der Waals surface area contributed by atoms with Crippen molar-refractivity contribution in [3.8, 4) is 17.2 Å². The van der Waals surface area contributed by atoms with Crippen LogP contribution >= 0.6 is 12.2 Å². The van der Waals surface area contributed by atoms with Gasteiger partial charge >= 0.3 is 0 Å². The van der Waals surface area contributed by atoms with E-state index >= 15 is 0 Å². The average molecular weight is 497 g/mol. The molecule has 182 valence electrons. The molecular formula is C29H28N4O2S. The topological polar surface area (TPSA) is 51.6 Å². The van der Waals surface area contributed by atoms with E-state index in [1.165, 1.54) is 16.7 Å². The molecule has 2 aromatic heterocycles. The lowest BCUT2D eigenvalue weighted by atomic mass is 9.96. The van der Waals surface area contributed by atoms with E-state index in [2.05, 4.69) is 78.9 Å². The Labute approximate surface area is 216 Å². The van der Waals surface area contributed by atoms with E-state index in [0.717, 1.165) is 40.0 Å². The van der Waals surface area contributed by atoms with Gasteiger partial charge in [0.1, 0.15) is 0 Å². The zero-order valence-corrected chi connectivity index (χ0v) is 21.6. The van der Waals surface area contributed by atoms with E-state index in [0.29, 0.717) is 5.11 Å². The Balaban J connectivity index is 1.50. The first-order valence-electron chi connectivity index (χ1n) is 12.1. The smallest absolute Gasteiger partial charge is 0.231 e. The highest BCUT2D eigenvalue weighted by Crippen LogP contribution is 2.44. The van der Waals surface area contributed by atoms with Crippen LogP contribution in [0.5, 0.6) is 11.5 Å². The minimum absolute atomic E-state index is 0.0662. The molecule has 0 aliphatic carbocycles. The Hall–Kier alpha value is -3.84. The lowest BCUT2D eigenvalue weighted by molar-refractivity contribution is 0.174. The van der Waals surface area contributed by atoms with Gasteiger partial charge in [0, 0.05) is 35.0 Å². The van der Waals surface area contributed by atoms with Crippen molar-refractivity contribution in [3.05, 3.63) is 101 Å². The monoisotopic (exact) mass is 496 g/mol. The molecule has 0 amide bonds. The Bertz CT molecular complexity index is 1480. The van der Waals surface area contributed by atoms with Gasteiger partial charge in [0.25, 0.3) is 0 Å². The number of nitrogens with one attached hydrogen (secondary N) is 1. The number of aryl methyl sites for hydroxylation is 3. The van der Waals surface area contributed by atoms with Crippen LogP contribution in [-0.4, -0.2) is 21.5 Å². The minimum Gasteiger partial charge on any atom is -0.454 e. The van der Waals surface area contributed by atoms with Crippen LogP contribution in [0, 0.1) is 27.7 Å². The number of anilines is 1. The molecule has 0 bridgehead atoms. The molecule has 2 aliphatic rings. The summed E-state index contributed by atoms with van der Waals surface area (Å²) in [5, 5.41) is 4.28. The van der Waals surface area contributed by atoms with Crippen molar-refractivity contribution in [3.63, 3.8) is 0 Å². The molecule has 6 rings (SSSR count). The maximum atomic E-state index is 5.93. The summed E-state index contributed by atoms with van der Waals surface area (Å²) in [5.41, 5.74) is 9.07. The fourth-order valence-electron chi connectivity index (χ4n) is 5.33. The van der Waals surface area contributed by atoms with Gasteiger partial charge in [-0.05, 0) is 99.1 Å². The lowest BCUT2D eigenvalue weighted by Gasteiger charge is -2.28. The summed E-state index contributed by atoms with van der Waals surface area (Å²) in [7, 11) is 0. The summed E-state index contributed by atoms with van der Waals surface area (Å²) in [4.78, 5) is 6.94. The van der Waals surface area contributed by atoms with Crippen molar-refractivity contribution >= 4 is 23.0 Å². The van der Waals surface area contributed by atoms with Gasteiger partial charge in [0.05, 0.1) is 17.8 Å². The van der Waals surface area contributed by atoms with Crippen LogP contribution in [0.15, 0.2) is 66.9 Å². The Kier molecular flexibility index (Phi) is 5.45. The lowest BCUT2D eigenvalue weighted by Crippen LogP contribution is -2.29. The van der Waals surface area contributed by atoms with Gasteiger partial charge < -0.3 is 24.3 Å². The number of hydrogen-bond donors (Lipinski definition) is 1. The molecule has 0 radical (unpaired) electrons. The maximum absolute atomic E-state index is 5.93. The highest BCUT2D eigenvalue weighted by molar-refractivity contribution is 7.80. The number of pyridine rings is 1. The predicted molar refractivity (Wildman–Crippen MR) is 145 cm³/mol. The standard InChI is InChI=1S/C29H28N4O2S/c1-17-8-9-21(13-18(17)2)33-28(27(31-29(33)36)24-7-5-6-12-30-24)23-14-19(3)32(20(23)4)22-10-11-25-26(15-22)35-16-34-25/h5-15,27-28H,16H2,1-4H3,(H,31,36)/t27-,28+/m0/s1. The van der Waals surface area contributed by atoms with Crippen LogP contribution in [-0.2, 0) is 0 Å². The third-order valence-corrected chi connectivity index (χ3v) is 7.58. The first kappa shape index (κ1) is 22.6. The SMILES string of the molecule is Cc1ccc(N2C(=S)N[C@@H](c3ccccn3)[C@H]2c2cc(C)n(-c3ccc4c(c3)OCO4)c2C)cc1C. The van der Waals surface area contributed by atoms with Crippen LogP contribution in [0.4, 0.5) is 5.69 Å². The van der Waals surface area contributed by atoms with Crippen molar-refractivity contribution < 1.29 is 9.47 Å². The van der Waals surface area contributed by atoms with E-state index < -0.39 is 0 Å². The molecular weight excluding hydrogens is 468 g/mol. The van der Waals surface area contributed by atoms with Crippen LogP contribution < -0.4 is 19.7 Å². The molecule has 0 spiro atoms. The number of thiocarbonyl (C=S) groups is 1. The molecule has 2 atom stereocenters. The van der Waals surface area contributed by atoms with Crippen LogP contribution in [0.25, 0.3) is 5.69 Å². The Morgan fingerprint density at radius 3 is 2.47 bits per heavy atom. The number of hydrogen-bond acceptors (Lipinski definition) is 4. The molecule has 36 heavy (non-hydrogen) atoms. The van der Waals surface area contributed by atoms with Crippen molar-refractivity contribution in [2.45, 2.75) is 39.8 Å². The van der Waals surface area contributed by atoms with Crippen molar-refractivity contribution in [1.29, 1.82) is 0 Å². The fourth-order valence-corrected chi connectivity index (χ4v) is 5.68. The van der Waals surface area contributed by atoms with Crippen LogP contribution in [0.3, 0.4) is 0 Å². The number of benzene rings is 2. The number of nitrogens with zero attached hydrogens (tertiary/aromatic N) is 3. The molecule has 1 saturated heterocycles. The second-order valence-corrected chi connectivity index (χ2v) is 9.85. The molecule has 1 N–H and O–H groups in total. The van der Waals surface area contributed by atoms with Crippen LogP contribution in [0.2, 0.25) is 0 Å². The summed E-state index contributed by atoms with van der Waals surface area (Å²) in [6.45, 7) is 8.84. The predicted octanol–water partition coefficient (Wildman–Crippen LogP) is 6.01. The van der Waals surface area contributed by atoms with Gasteiger partial charge in [0.2, 0.25) is 6.79 Å². The van der Waals surface area contributed by atoms with Gasteiger partial charge in [-0.2, -0.15) is 0 Å². The van der Waals surface area contributed by atoms with E-state index in [9.17, 15) is 0 Å².